The number of hydrogen-bond donors (Lipinski definition) is 3. The monoisotopic (exact) mass is 480 g/mol. The van der Waals surface area contributed by atoms with Crippen molar-refractivity contribution in [1.82, 2.24) is 15.3 Å². The van der Waals surface area contributed by atoms with Gasteiger partial charge in [-0.2, -0.15) is 0 Å². The quantitative estimate of drug-likeness (QED) is 0.385. The standard InChI is InChI=1S/C24H18F2N4O5/c25-14-3-1-13(2-4-14)11-27-24(32)30-15-5-6-19(16(26)9-15)35-23-20-17(28-12-29-23)10-18(31)21-22(20)34-8-7-33-21/h1-6,9-10,12,31H,7-8,11H2,(H2,27,30,32). The van der Waals surface area contributed by atoms with Crippen LogP contribution in [0.5, 0.6) is 28.9 Å². The Hall–Kier alpha value is -4.67. The van der Waals surface area contributed by atoms with Crippen LogP contribution in [0.4, 0.5) is 19.3 Å². The zero-order chi connectivity index (χ0) is 24.4. The molecule has 0 fully saturated rings. The average molecular weight is 480 g/mol. The predicted molar refractivity (Wildman–Crippen MR) is 121 cm³/mol. The molecule has 0 saturated heterocycles. The maximum Gasteiger partial charge on any atom is 0.319 e. The van der Waals surface area contributed by atoms with Crippen molar-refractivity contribution in [3.63, 3.8) is 0 Å². The Bertz CT molecular complexity index is 1420. The minimum atomic E-state index is -0.752. The average Bonchev–Trinajstić information content (AvgIpc) is 2.85. The number of fused-ring (bicyclic) bond motifs is 3. The van der Waals surface area contributed by atoms with Crippen molar-refractivity contribution >= 4 is 22.6 Å². The number of phenolic OH excluding ortho intramolecular Hbond substituents is 1. The van der Waals surface area contributed by atoms with Crippen LogP contribution in [0.25, 0.3) is 10.9 Å². The number of aromatic nitrogens is 2. The van der Waals surface area contributed by atoms with E-state index < -0.39 is 11.8 Å². The molecule has 4 aromatic rings. The molecule has 1 aliphatic heterocycles. The van der Waals surface area contributed by atoms with Crippen LogP contribution in [0, 0.1) is 11.6 Å². The minimum absolute atomic E-state index is 0.00778. The molecule has 9 nitrogen and oxygen atoms in total. The van der Waals surface area contributed by atoms with Crippen molar-refractivity contribution in [1.29, 1.82) is 0 Å². The lowest BCUT2D eigenvalue weighted by Gasteiger charge is -2.21. The number of aromatic hydroxyl groups is 1. The molecule has 1 aliphatic rings. The Morgan fingerprint density at radius 1 is 1.03 bits per heavy atom. The van der Waals surface area contributed by atoms with Crippen LogP contribution in [-0.2, 0) is 6.54 Å². The van der Waals surface area contributed by atoms with Crippen molar-refractivity contribution in [3.8, 4) is 28.9 Å². The Kier molecular flexibility index (Phi) is 5.88. The summed E-state index contributed by atoms with van der Waals surface area (Å²) in [5, 5.41) is 15.6. The van der Waals surface area contributed by atoms with Crippen LogP contribution in [0.1, 0.15) is 5.56 Å². The van der Waals surface area contributed by atoms with Gasteiger partial charge in [-0.1, -0.05) is 12.1 Å². The van der Waals surface area contributed by atoms with Crippen molar-refractivity contribution in [2.75, 3.05) is 18.5 Å². The fourth-order valence-corrected chi connectivity index (χ4v) is 3.50. The number of urea groups is 1. The van der Waals surface area contributed by atoms with E-state index in [1.54, 1.807) is 12.1 Å². The number of benzene rings is 3. The van der Waals surface area contributed by atoms with Gasteiger partial charge in [0.25, 0.3) is 0 Å². The Morgan fingerprint density at radius 3 is 2.57 bits per heavy atom. The molecule has 0 bridgehead atoms. The third-order valence-electron chi connectivity index (χ3n) is 5.12. The highest BCUT2D eigenvalue weighted by molar-refractivity contribution is 5.94. The molecular formula is C24H18F2N4O5. The highest BCUT2D eigenvalue weighted by Crippen LogP contribution is 2.47. The molecule has 5 rings (SSSR count). The molecule has 2 heterocycles. The second-order valence-electron chi connectivity index (χ2n) is 7.51. The van der Waals surface area contributed by atoms with Crippen LogP contribution in [0.15, 0.2) is 54.9 Å². The van der Waals surface area contributed by atoms with Gasteiger partial charge in [-0.05, 0) is 29.8 Å². The molecule has 178 valence electrons. The number of nitrogens with one attached hydrogen (secondary N) is 2. The smallest absolute Gasteiger partial charge is 0.319 e. The van der Waals surface area contributed by atoms with Gasteiger partial charge in [0, 0.05) is 24.4 Å². The van der Waals surface area contributed by atoms with Gasteiger partial charge < -0.3 is 30.0 Å². The first-order chi connectivity index (χ1) is 17.0. The van der Waals surface area contributed by atoms with E-state index in [9.17, 15) is 18.7 Å². The van der Waals surface area contributed by atoms with Crippen molar-refractivity contribution < 1.29 is 32.9 Å². The van der Waals surface area contributed by atoms with Crippen molar-refractivity contribution in [3.05, 3.63) is 72.1 Å². The molecule has 0 radical (unpaired) electrons. The molecule has 2 amide bonds. The fraction of sp³-hybridized carbons (Fsp3) is 0.125. The first-order valence-electron chi connectivity index (χ1n) is 10.5. The molecular weight excluding hydrogens is 462 g/mol. The van der Waals surface area contributed by atoms with Crippen LogP contribution >= 0.6 is 0 Å². The van der Waals surface area contributed by atoms with Gasteiger partial charge in [-0.3, -0.25) is 0 Å². The van der Waals surface area contributed by atoms with E-state index in [0.29, 0.717) is 16.5 Å². The van der Waals surface area contributed by atoms with Crippen LogP contribution in [-0.4, -0.2) is 34.3 Å². The number of anilines is 1. The number of rotatable bonds is 5. The fourth-order valence-electron chi connectivity index (χ4n) is 3.50. The first kappa shape index (κ1) is 22.1. The van der Waals surface area contributed by atoms with E-state index in [1.165, 1.54) is 36.7 Å². The van der Waals surface area contributed by atoms with E-state index in [1.807, 2.05) is 0 Å². The third-order valence-corrected chi connectivity index (χ3v) is 5.12. The second-order valence-corrected chi connectivity index (χ2v) is 7.51. The van der Waals surface area contributed by atoms with Gasteiger partial charge in [-0.25, -0.2) is 23.5 Å². The summed E-state index contributed by atoms with van der Waals surface area (Å²) in [4.78, 5) is 20.3. The summed E-state index contributed by atoms with van der Waals surface area (Å²) in [6, 6.07) is 10.4. The molecule has 0 saturated carbocycles. The molecule has 11 heteroatoms. The predicted octanol–water partition coefficient (Wildman–Crippen LogP) is 4.50. The van der Waals surface area contributed by atoms with E-state index in [-0.39, 0.29) is 60.1 Å². The molecule has 35 heavy (non-hydrogen) atoms. The number of phenols is 1. The Morgan fingerprint density at radius 2 is 1.80 bits per heavy atom. The van der Waals surface area contributed by atoms with Gasteiger partial charge in [0.05, 0.1) is 5.52 Å². The lowest BCUT2D eigenvalue weighted by Crippen LogP contribution is -2.28. The molecule has 3 aromatic carbocycles. The van der Waals surface area contributed by atoms with E-state index in [4.69, 9.17) is 14.2 Å². The molecule has 1 aromatic heterocycles. The summed E-state index contributed by atoms with van der Waals surface area (Å²) in [5.41, 5.74) is 1.23. The van der Waals surface area contributed by atoms with Gasteiger partial charge >= 0.3 is 6.03 Å². The van der Waals surface area contributed by atoms with Crippen LogP contribution < -0.4 is 24.8 Å². The zero-order valence-corrected chi connectivity index (χ0v) is 18.0. The lowest BCUT2D eigenvalue weighted by molar-refractivity contribution is 0.168. The number of amides is 2. The van der Waals surface area contributed by atoms with Gasteiger partial charge in [0.2, 0.25) is 11.6 Å². The van der Waals surface area contributed by atoms with E-state index in [0.717, 1.165) is 6.07 Å². The molecule has 0 atom stereocenters. The van der Waals surface area contributed by atoms with Gasteiger partial charge in [0.15, 0.2) is 23.1 Å². The highest BCUT2D eigenvalue weighted by Gasteiger charge is 2.24. The number of halogens is 2. The highest BCUT2D eigenvalue weighted by atomic mass is 19.1. The summed E-state index contributed by atoms with van der Waals surface area (Å²) in [5.74, 6) is -1.07. The molecule has 0 aliphatic carbocycles. The number of hydrogen-bond acceptors (Lipinski definition) is 7. The van der Waals surface area contributed by atoms with Gasteiger partial charge in [-0.15, -0.1) is 0 Å². The third kappa shape index (κ3) is 4.69. The number of ether oxygens (including phenoxy) is 3. The summed E-state index contributed by atoms with van der Waals surface area (Å²) < 4.78 is 44.6. The van der Waals surface area contributed by atoms with Crippen LogP contribution in [0.3, 0.4) is 0 Å². The number of nitrogens with zero attached hydrogens (tertiary/aromatic N) is 2. The Balaban J connectivity index is 1.32. The molecule has 3 N–H and O–H groups in total. The number of carbonyl (C=O) groups excluding carboxylic acids is 1. The maximum atomic E-state index is 14.8. The summed E-state index contributed by atoms with van der Waals surface area (Å²) >= 11 is 0. The largest absolute Gasteiger partial charge is 0.504 e. The SMILES string of the molecule is O=C(NCc1ccc(F)cc1)Nc1ccc(Oc2ncnc3cc(O)c4c(c23)OCCO4)c(F)c1. The van der Waals surface area contributed by atoms with Crippen molar-refractivity contribution in [2.24, 2.45) is 0 Å². The van der Waals surface area contributed by atoms with E-state index >= 15 is 0 Å². The van der Waals surface area contributed by atoms with E-state index in [2.05, 4.69) is 20.6 Å². The topological polar surface area (TPSA) is 115 Å². The van der Waals surface area contributed by atoms with Crippen molar-refractivity contribution in [2.45, 2.75) is 6.54 Å². The lowest BCUT2D eigenvalue weighted by atomic mass is 10.1. The normalized spacial score (nSPS) is 12.3. The maximum absolute atomic E-state index is 14.8. The summed E-state index contributed by atoms with van der Waals surface area (Å²) in [6.07, 6.45) is 1.21. The number of carbonyl (C=O) groups is 1. The zero-order valence-electron chi connectivity index (χ0n) is 18.0. The first-order valence-corrected chi connectivity index (χ1v) is 10.5. The van der Waals surface area contributed by atoms with Crippen LogP contribution in [0.2, 0.25) is 0 Å². The Labute approximate surface area is 197 Å². The molecule has 0 spiro atoms. The van der Waals surface area contributed by atoms with Gasteiger partial charge in [0.1, 0.15) is 30.7 Å². The summed E-state index contributed by atoms with van der Waals surface area (Å²) in [7, 11) is 0. The molecule has 0 unspecified atom stereocenters. The second kappa shape index (κ2) is 9.29. The summed E-state index contributed by atoms with van der Waals surface area (Å²) in [6.45, 7) is 0.677. The minimum Gasteiger partial charge on any atom is -0.504 e.